The number of hydrogen-bond donors (Lipinski definition) is 0. The van der Waals surface area contributed by atoms with Gasteiger partial charge >= 0.3 is 0 Å². The number of non-ortho nitro benzene ring substituents is 1. The number of aromatic nitrogens is 4. The van der Waals surface area contributed by atoms with E-state index in [1.165, 1.54) is 12.1 Å². The molecular weight excluding hydrogens is 246 g/mol. The Morgan fingerprint density at radius 1 is 1.21 bits per heavy atom. The van der Waals surface area contributed by atoms with Gasteiger partial charge in [0.1, 0.15) is 11.4 Å². The van der Waals surface area contributed by atoms with Crippen LogP contribution < -0.4 is 0 Å². The summed E-state index contributed by atoms with van der Waals surface area (Å²) in [5, 5.41) is 20.3. The van der Waals surface area contributed by atoms with Crippen LogP contribution in [0.4, 0.5) is 5.69 Å². The first-order valence-electron chi connectivity index (χ1n) is 5.67. The van der Waals surface area contributed by atoms with Crippen molar-refractivity contribution in [1.82, 2.24) is 19.6 Å². The summed E-state index contributed by atoms with van der Waals surface area (Å²) in [4.78, 5) is 10.5. The van der Waals surface area contributed by atoms with Crippen molar-refractivity contribution in [3.63, 3.8) is 0 Å². The van der Waals surface area contributed by atoms with Crippen LogP contribution >= 0.6 is 0 Å². The number of nitro groups is 1. The zero-order valence-corrected chi connectivity index (χ0v) is 10.4. The van der Waals surface area contributed by atoms with Gasteiger partial charge in [-0.2, -0.15) is 10.2 Å². The first-order valence-corrected chi connectivity index (χ1v) is 5.67. The Labute approximate surface area is 108 Å². The van der Waals surface area contributed by atoms with Gasteiger partial charge in [0, 0.05) is 37.8 Å². The van der Waals surface area contributed by atoms with Gasteiger partial charge in [0.15, 0.2) is 0 Å². The summed E-state index contributed by atoms with van der Waals surface area (Å²) >= 11 is 0. The molecule has 0 saturated heterocycles. The molecule has 0 aliphatic heterocycles. The highest BCUT2D eigenvalue weighted by Crippen LogP contribution is 2.29. The van der Waals surface area contributed by atoms with Crippen LogP contribution in [0.3, 0.4) is 0 Å². The fourth-order valence-corrected chi connectivity index (χ4v) is 2.10. The molecule has 0 N–H and O–H groups in total. The highest BCUT2D eigenvalue weighted by molar-refractivity contribution is 5.93. The average Bonchev–Trinajstić information content (AvgIpc) is 2.93. The van der Waals surface area contributed by atoms with E-state index < -0.39 is 4.92 Å². The van der Waals surface area contributed by atoms with E-state index >= 15 is 0 Å². The predicted octanol–water partition coefficient (Wildman–Crippen LogP) is 1.88. The van der Waals surface area contributed by atoms with E-state index in [0.717, 1.165) is 10.9 Å². The molecule has 3 aromatic rings. The largest absolute Gasteiger partial charge is 0.275 e. The second kappa shape index (κ2) is 3.91. The van der Waals surface area contributed by atoms with Crippen molar-refractivity contribution >= 4 is 16.6 Å². The average molecular weight is 257 g/mol. The van der Waals surface area contributed by atoms with Crippen LogP contribution in [0.2, 0.25) is 0 Å². The fraction of sp³-hybridized carbons (Fsp3) is 0.167. The Hall–Kier alpha value is -2.70. The van der Waals surface area contributed by atoms with E-state index in [1.807, 2.05) is 19.3 Å². The minimum Gasteiger partial charge on any atom is -0.275 e. The zero-order valence-electron chi connectivity index (χ0n) is 10.4. The topological polar surface area (TPSA) is 78.8 Å². The van der Waals surface area contributed by atoms with Crippen LogP contribution in [0.1, 0.15) is 0 Å². The Kier molecular flexibility index (Phi) is 2.34. The van der Waals surface area contributed by atoms with Gasteiger partial charge in [-0.05, 0) is 12.1 Å². The predicted molar refractivity (Wildman–Crippen MR) is 69.6 cm³/mol. The summed E-state index contributed by atoms with van der Waals surface area (Å²) in [5.41, 5.74) is 2.25. The van der Waals surface area contributed by atoms with Crippen LogP contribution in [0.5, 0.6) is 0 Å². The molecule has 19 heavy (non-hydrogen) atoms. The van der Waals surface area contributed by atoms with Gasteiger partial charge in [-0.3, -0.25) is 19.5 Å². The third-order valence-corrected chi connectivity index (χ3v) is 3.00. The first kappa shape index (κ1) is 11.4. The Balaban J connectivity index is 2.29. The van der Waals surface area contributed by atoms with E-state index in [-0.39, 0.29) is 5.69 Å². The molecule has 0 atom stereocenters. The van der Waals surface area contributed by atoms with E-state index in [4.69, 9.17) is 0 Å². The van der Waals surface area contributed by atoms with Crippen molar-refractivity contribution in [2.75, 3.05) is 0 Å². The number of aryl methyl sites for hydroxylation is 2. The van der Waals surface area contributed by atoms with Crippen LogP contribution in [-0.2, 0) is 14.1 Å². The number of nitro benzene ring substituents is 1. The Bertz CT molecular complexity index is 787. The normalized spacial score (nSPS) is 11.1. The molecular formula is C12H11N5O2. The molecule has 2 heterocycles. The molecule has 96 valence electrons. The summed E-state index contributed by atoms with van der Waals surface area (Å²) in [6.45, 7) is 0. The van der Waals surface area contributed by atoms with E-state index in [2.05, 4.69) is 10.2 Å². The van der Waals surface area contributed by atoms with Crippen molar-refractivity contribution in [2.45, 2.75) is 0 Å². The standard InChI is InChI=1S/C12H11N5O2/c1-15-6-5-10(13-15)12-9-7-8(17(18)19)3-4-11(9)16(2)14-12/h3-7H,1-2H3. The monoisotopic (exact) mass is 257 g/mol. The molecule has 0 aliphatic rings. The van der Waals surface area contributed by atoms with Gasteiger partial charge in [-0.15, -0.1) is 0 Å². The second-order valence-corrected chi connectivity index (χ2v) is 4.31. The third-order valence-electron chi connectivity index (χ3n) is 3.00. The van der Waals surface area contributed by atoms with Crippen LogP contribution in [0.25, 0.3) is 22.3 Å². The lowest BCUT2D eigenvalue weighted by atomic mass is 10.1. The quantitative estimate of drug-likeness (QED) is 0.518. The van der Waals surface area contributed by atoms with E-state index in [9.17, 15) is 10.1 Å². The minimum absolute atomic E-state index is 0.0534. The molecule has 0 bridgehead atoms. The smallest absolute Gasteiger partial charge is 0.270 e. The molecule has 3 rings (SSSR count). The fourth-order valence-electron chi connectivity index (χ4n) is 2.10. The number of hydrogen-bond acceptors (Lipinski definition) is 4. The number of benzene rings is 1. The van der Waals surface area contributed by atoms with Crippen LogP contribution in [-0.4, -0.2) is 24.5 Å². The lowest BCUT2D eigenvalue weighted by molar-refractivity contribution is -0.384. The maximum absolute atomic E-state index is 10.9. The van der Waals surface area contributed by atoms with E-state index in [1.54, 1.807) is 22.5 Å². The van der Waals surface area contributed by atoms with Gasteiger partial charge in [0.05, 0.1) is 10.4 Å². The summed E-state index contributed by atoms with van der Waals surface area (Å²) in [7, 11) is 3.62. The lowest BCUT2D eigenvalue weighted by Gasteiger charge is -1.94. The molecule has 0 amide bonds. The van der Waals surface area contributed by atoms with Crippen LogP contribution in [0.15, 0.2) is 30.5 Å². The number of nitrogens with zero attached hydrogens (tertiary/aromatic N) is 5. The van der Waals surface area contributed by atoms with Gasteiger partial charge < -0.3 is 0 Å². The molecule has 7 nitrogen and oxygen atoms in total. The highest BCUT2D eigenvalue weighted by Gasteiger charge is 2.16. The molecule has 0 spiro atoms. The van der Waals surface area contributed by atoms with Gasteiger partial charge in [0.25, 0.3) is 5.69 Å². The summed E-state index contributed by atoms with van der Waals surface area (Å²) in [6, 6.07) is 6.55. The molecule has 0 saturated carbocycles. The molecule has 0 radical (unpaired) electrons. The van der Waals surface area contributed by atoms with Crippen molar-refractivity contribution in [3.8, 4) is 11.4 Å². The molecule has 1 aromatic carbocycles. The minimum atomic E-state index is -0.408. The van der Waals surface area contributed by atoms with Gasteiger partial charge in [-0.1, -0.05) is 0 Å². The first-order chi connectivity index (χ1) is 9.06. The highest BCUT2D eigenvalue weighted by atomic mass is 16.6. The third kappa shape index (κ3) is 1.75. The van der Waals surface area contributed by atoms with E-state index in [0.29, 0.717) is 11.4 Å². The Morgan fingerprint density at radius 2 is 2.00 bits per heavy atom. The molecule has 2 aromatic heterocycles. The number of rotatable bonds is 2. The SMILES string of the molecule is Cn1ccc(-c2nn(C)c3ccc([N+](=O)[O-])cc23)n1. The maximum atomic E-state index is 10.9. The molecule has 0 fully saturated rings. The van der Waals surface area contributed by atoms with Crippen molar-refractivity contribution in [3.05, 3.63) is 40.6 Å². The molecule has 7 heteroatoms. The van der Waals surface area contributed by atoms with Crippen molar-refractivity contribution in [2.24, 2.45) is 14.1 Å². The number of fused-ring (bicyclic) bond motifs is 1. The van der Waals surface area contributed by atoms with Crippen LogP contribution in [0, 0.1) is 10.1 Å². The van der Waals surface area contributed by atoms with Gasteiger partial charge in [0.2, 0.25) is 0 Å². The Morgan fingerprint density at radius 3 is 2.63 bits per heavy atom. The molecule has 0 aliphatic carbocycles. The maximum Gasteiger partial charge on any atom is 0.270 e. The van der Waals surface area contributed by atoms with Crippen molar-refractivity contribution < 1.29 is 4.92 Å². The lowest BCUT2D eigenvalue weighted by Crippen LogP contribution is -1.91. The zero-order chi connectivity index (χ0) is 13.6. The molecule has 0 unspecified atom stereocenters. The second-order valence-electron chi connectivity index (χ2n) is 4.31. The summed E-state index contributed by atoms with van der Waals surface area (Å²) < 4.78 is 3.37. The van der Waals surface area contributed by atoms with Gasteiger partial charge in [-0.25, -0.2) is 0 Å². The van der Waals surface area contributed by atoms with Crippen molar-refractivity contribution in [1.29, 1.82) is 0 Å². The summed E-state index contributed by atoms with van der Waals surface area (Å²) in [6.07, 6.45) is 1.81. The summed E-state index contributed by atoms with van der Waals surface area (Å²) in [5.74, 6) is 0.